The summed E-state index contributed by atoms with van der Waals surface area (Å²) in [4.78, 5) is 10.7. The topological polar surface area (TPSA) is 119 Å². The average molecular weight is 257 g/mol. The first-order chi connectivity index (χ1) is 7.88. The minimum atomic E-state index is -3.32. The zero-order valence-electron chi connectivity index (χ0n) is 8.53. The fourth-order valence-corrected chi connectivity index (χ4v) is 1.48. The highest BCUT2D eigenvalue weighted by atomic mass is 19.3. The van der Waals surface area contributed by atoms with E-state index in [1.165, 1.54) is 0 Å². The standard InChI is InChI=1S/C8H13F2NO6/c9-6(10)7(15)11-3-5(14)4(13)2(1-12)17-8(3)16/h2-6,8,12-14,16H,1H2,(H,11,15)/t2-,3-,4+,5-,8+/m1/s1. The van der Waals surface area contributed by atoms with Crippen LogP contribution in [0.2, 0.25) is 0 Å². The first-order valence-electron chi connectivity index (χ1n) is 4.77. The van der Waals surface area contributed by atoms with Crippen molar-refractivity contribution in [2.45, 2.75) is 37.1 Å². The number of amides is 1. The van der Waals surface area contributed by atoms with Crippen LogP contribution in [0.5, 0.6) is 0 Å². The average Bonchev–Trinajstić information content (AvgIpc) is 2.28. The van der Waals surface area contributed by atoms with Crippen molar-refractivity contribution in [3.63, 3.8) is 0 Å². The Balaban J connectivity index is 2.69. The van der Waals surface area contributed by atoms with E-state index in [9.17, 15) is 28.9 Å². The predicted molar refractivity (Wildman–Crippen MR) is 47.9 cm³/mol. The number of hydrogen-bond donors (Lipinski definition) is 5. The number of rotatable bonds is 3. The molecule has 0 saturated carbocycles. The molecule has 5 atom stereocenters. The third-order valence-electron chi connectivity index (χ3n) is 2.41. The molecule has 0 bridgehead atoms. The van der Waals surface area contributed by atoms with Crippen molar-refractivity contribution in [2.75, 3.05) is 6.61 Å². The molecule has 1 heterocycles. The molecule has 1 rings (SSSR count). The highest BCUT2D eigenvalue weighted by molar-refractivity contribution is 5.79. The number of carbonyl (C=O) groups excluding carboxylic acids is 1. The van der Waals surface area contributed by atoms with Crippen LogP contribution < -0.4 is 5.32 Å². The highest BCUT2D eigenvalue weighted by Crippen LogP contribution is 2.19. The molecule has 1 aliphatic heterocycles. The van der Waals surface area contributed by atoms with Gasteiger partial charge in [0, 0.05) is 0 Å². The minimum Gasteiger partial charge on any atom is -0.394 e. The largest absolute Gasteiger partial charge is 0.394 e. The van der Waals surface area contributed by atoms with E-state index in [0.717, 1.165) is 0 Å². The van der Waals surface area contributed by atoms with Gasteiger partial charge in [-0.05, 0) is 0 Å². The highest BCUT2D eigenvalue weighted by Gasteiger charge is 2.44. The number of nitrogens with one attached hydrogen (secondary N) is 1. The maximum atomic E-state index is 12.0. The Morgan fingerprint density at radius 2 is 1.88 bits per heavy atom. The summed E-state index contributed by atoms with van der Waals surface area (Å²) in [7, 11) is 0. The van der Waals surface area contributed by atoms with Gasteiger partial charge in [-0.3, -0.25) is 4.79 Å². The normalized spacial score (nSPS) is 38.2. The second kappa shape index (κ2) is 5.65. The lowest BCUT2D eigenvalue weighted by atomic mass is 9.97. The third-order valence-corrected chi connectivity index (χ3v) is 2.41. The Morgan fingerprint density at radius 1 is 1.29 bits per heavy atom. The molecule has 1 amide bonds. The van der Waals surface area contributed by atoms with Gasteiger partial charge in [-0.2, -0.15) is 8.78 Å². The zero-order chi connectivity index (χ0) is 13.2. The Hall–Kier alpha value is -0.870. The van der Waals surface area contributed by atoms with E-state index in [0.29, 0.717) is 0 Å². The molecular formula is C8H13F2NO6. The summed E-state index contributed by atoms with van der Waals surface area (Å²) in [6.07, 6.45) is -9.69. The lowest BCUT2D eigenvalue weighted by Gasteiger charge is -2.40. The van der Waals surface area contributed by atoms with E-state index < -0.39 is 49.6 Å². The first kappa shape index (κ1) is 14.2. The molecule has 0 spiro atoms. The summed E-state index contributed by atoms with van der Waals surface area (Å²) >= 11 is 0. The SMILES string of the molecule is O=C(N[C@@H]1[C@@H](O)[C@@H](O)[C@@H](CO)O[C@@H]1O)C(F)F. The van der Waals surface area contributed by atoms with Crippen LogP contribution in [0.3, 0.4) is 0 Å². The molecule has 7 nitrogen and oxygen atoms in total. The molecule has 0 aromatic carbocycles. The number of halogens is 2. The lowest BCUT2D eigenvalue weighted by Crippen LogP contribution is -2.64. The monoisotopic (exact) mass is 257 g/mol. The van der Waals surface area contributed by atoms with Gasteiger partial charge in [-0.25, -0.2) is 0 Å². The van der Waals surface area contributed by atoms with E-state index in [-0.39, 0.29) is 0 Å². The van der Waals surface area contributed by atoms with E-state index >= 15 is 0 Å². The number of aliphatic hydroxyl groups is 4. The predicted octanol–water partition coefficient (Wildman–Crippen LogP) is -2.83. The smallest absolute Gasteiger partial charge is 0.315 e. The van der Waals surface area contributed by atoms with Crippen LogP contribution in [0.4, 0.5) is 8.78 Å². The second-order valence-corrected chi connectivity index (χ2v) is 3.56. The maximum Gasteiger partial charge on any atom is 0.315 e. The van der Waals surface area contributed by atoms with E-state index in [4.69, 9.17) is 5.11 Å². The number of ether oxygens (including phenoxy) is 1. The van der Waals surface area contributed by atoms with Crippen LogP contribution in [0.25, 0.3) is 0 Å². The van der Waals surface area contributed by atoms with Crippen molar-refractivity contribution in [3.05, 3.63) is 0 Å². The molecule has 5 N–H and O–H groups in total. The van der Waals surface area contributed by atoms with E-state index in [2.05, 4.69) is 4.74 Å². The summed E-state index contributed by atoms with van der Waals surface area (Å²) in [5.74, 6) is -1.70. The summed E-state index contributed by atoms with van der Waals surface area (Å²) < 4.78 is 28.6. The quantitative estimate of drug-likeness (QED) is 0.372. The van der Waals surface area contributed by atoms with Crippen LogP contribution >= 0.6 is 0 Å². The molecule has 9 heteroatoms. The fourth-order valence-electron chi connectivity index (χ4n) is 1.48. The second-order valence-electron chi connectivity index (χ2n) is 3.56. The van der Waals surface area contributed by atoms with Crippen molar-refractivity contribution in [3.8, 4) is 0 Å². The molecule has 0 radical (unpaired) electrons. The molecule has 100 valence electrons. The van der Waals surface area contributed by atoms with Gasteiger partial charge in [0.05, 0.1) is 6.61 Å². The Bertz CT molecular complexity index is 279. The van der Waals surface area contributed by atoms with Gasteiger partial charge in [0.1, 0.15) is 24.4 Å². The van der Waals surface area contributed by atoms with Crippen molar-refractivity contribution < 1.29 is 38.7 Å². The van der Waals surface area contributed by atoms with E-state index in [1.807, 2.05) is 0 Å². The van der Waals surface area contributed by atoms with Crippen molar-refractivity contribution in [1.29, 1.82) is 0 Å². The lowest BCUT2D eigenvalue weighted by molar-refractivity contribution is -0.254. The number of carbonyl (C=O) groups is 1. The Morgan fingerprint density at radius 3 is 2.35 bits per heavy atom. The van der Waals surface area contributed by atoms with E-state index in [1.54, 1.807) is 5.32 Å². The van der Waals surface area contributed by atoms with Crippen LogP contribution in [0.1, 0.15) is 0 Å². The molecule has 1 saturated heterocycles. The molecule has 0 aromatic rings. The summed E-state index contributed by atoms with van der Waals surface area (Å²) in [6.45, 7) is -0.676. The fraction of sp³-hybridized carbons (Fsp3) is 0.875. The Kier molecular flexibility index (Phi) is 4.71. The molecule has 17 heavy (non-hydrogen) atoms. The number of aliphatic hydroxyl groups excluding tert-OH is 4. The van der Waals surface area contributed by atoms with Crippen molar-refractivity contribution in [1.82, 2.24) is 5.32 Å². The molecule has 0 aliphatic carbocycles. The van der Waals surface area contributed by atoms with Gasteiger partial charge in [0.2, 0.25) is 0 Å². The maximum absolute atomic E-state index is 12.0. The summed E-state index contributed by atoms with van der Waals surface area (Å²) in [5.41, 5.74) is 0. The van der Waals surface area contributed by atoms with Crippen molar-refractivity contribution in [2.24, 2.45) is 0 Å². The van der Waals surface area contributed by atoms with Crippen LogP contribution in [-0.2, 0) is 9.53 Å². The number of alkyl halides is 2. The summed E-state index contributed by atoms with van der Waals surface area (Å²) in [5, 5.41) is 38.6. The number of hydrogen-bond acceptors (Lipinski definition) is 6. The Labute approximate surface area is 94.6 Å². The van der Waals surface area contributed by atoms with Crippen LogP contribution in [0.15, 0.2) is 0 Å². The van der Waals surface area contributed by atoms with Gasteiger partial charge < -0.3 is 30.5 Å². The van der Waals surface area contributed by atoms with Gasteiger partial charge >= 0.3 is 6.43 Å². The van der Waals surface area contributed by atoms with Gasteiger partial charge in [-0.1, -0.05) is 0 Å². The molecule has 0 aromatic heterocycles. The molecule has 0 unspecified atom stereocenters. The third kappa shape index (κ3) is 3.07. The van der Waals surface area contributed by atoms with Gasteiger partial charge in [-0.15, -0.1) is 0 Å². The first-order valence-corrected chi connectivity index (χ1v) is 4.77. The zero-order valence-corrected chi connectivity index (χ0v) is 8.53. The summed E-state index contributed by atoms with van der Waals surface area (Å²) in [6, 6.07) is -1.59. The molecule has 1 aliphatic rings. The van der Waals surface area contributed by atoms with Crippen LogP contribution in [-0.4, -0.2) is 70.0 Å². The van der Waals surface area contributed by atoms with Gasteiger partial charge in [0.15, 0.2) is 6.29 Å². The van der Waals surface area contributed by atoms with Crippen molar-refractivity contribution >= 4 is 5.91 Å². The minimum absolute atomic E-state index is 0.676. The van der Waals surface area contributed by atoms with Gasteiger partial charge in [0.25, 0.3) is 5.91 Å². The molecule has 1 fully saturated rings. The molecular weight excluding hydrogens is 244 g/mol. The van der Waals surface area contributed by atoms with Crippen LogP contribution in [0, 0.1) is 0 Å².